The van der Waals surface area contributed by atoms with Gasteiger partial charge in [0.05, 0.1) is 0 Å². The number of rotatable bonds is 3. The Morgan fingerprint density at radius 1 is 1.44 bits per heavy atom. The summed E-state index contributed by atoms with van der Waals surface area (Å²) in [6.07, 6.45) is 2.39. The number of hydrogen-bond donors (Lipinski definition) is 1. The number of piperidine rings is 1. The number of likely N-dealkylation sites (tertiary alicyclic amines) is 1. The lowest BCUT2D eigenvalue weighted by atomic mass is 9.83. The molecule has 0 saturated carbocycles. The van der Waals surface area contributed by atoms with Gasteiger partial charge in [0.15, 0.2) is 0 Å². The highest BCUT2D eigenvalue weighted by atomic mass is 19.1. The van der Waals surface area contributed by atoms with Crippen LogP contribution in [-0.4, -0.2) is 24.5 Å². The zero-order valence-corrected chi connectivity index (χ0v) is 11.3. The standard InChI is InChI=1S/C15H23FN2/c1-3-18-8-4-5-12(10-17)15(18)14-7-6-13(16)9-11(14)2/h6-7,9,12,15H,3-5,8,10,17H2,1-2H3. The summed E-state index contributed by atoms with van der Waals surface area (Å²) in [5.41, 5.74) is 8.21. The Hall–Kier alpha value is -0.930. The summed E-state index contributed by atoms with van der Waals surface area (Å²) in [7, 11) is 0. The molecular weight excluding hydrogens is 227 g/mol. The molecular formula is C15H23FN2. The van der Waals surface area contributed by atoms with E-state index in [1.165, 1.54) is 18.4 Å². The minimum Gasteiger partial charge on any atom is -0.330 e. The molecule has 2 nitrogen and oxygen atoms in total. The second-order valence-electron chi connectivity index (χ2n) is 5.21. The first-order valence-corrected chi connectivity index (χ1v) is 6.87. The molecule has 3 heteroatoms. The molecule has 1 fully saturated rings. The van der Waals surface area contributed by atoms with E-state index < -0.39 is 0 Å². The molecule has 1 heterocycles. The maximum absolute atomic E-state index is 13.2. The van der Waals surface area contributed by atoms with Gasteiger partial charge in [0.25, 0.3) is 0 Å². The molecule has 0 bridgehead atoms. The first-order valence-electron chi connectivity index (χ1n) is 6.87. The van der Waals surface area contributed by atoms with Gasteiger partial charge in [0, 0.05) is 6.04 Å². The molecule has 100 valence electrons. The van der Waals surface area contributed by atoms with Crippen LogP contribution in [0.2, 0.25) is 0 Å². The predicted molar refractivity (Wildman–Crippen MR) is 72.9 cm³/mol. The molecule has 0 aliphatic carbocycles. The molecule has 1 aromatic carbocycles. The monoisotopic (exact) mass is 250 g/mol. The average Bonchev–Trinajstić information content (AvgIpc) is 2.38. The van der Waals surface area contributed by atoms with E-state index in [4.69, 9.17) is 5.73 Å². The maximum Gasteiger partial charge on any atom is 0.123 e. The highest BCUT2D eigenvalue weighted by Gasteiger charge is 2.31. The maximum atomic E-state index is 13.2. The van der Waals surface area contributed by atoms with Crippen LogP contribution in [0.3, 0.4) is 0 Å². The lowest BCUT2D eigenvalue weighted by Crippen LogP contribution is -2.41. The van der Waals surface area contributed by atoms with Crippen LogP contribution >= 0.6 is 0 Å². The Labute approximate surface area is 109 Å². The smallest absolute Gasteiger partial charge is 0.123 e. The average molecular weight is 250 g/mol. The minimum atomic E-state index is -0.153. The summed E-state index contributed by atoms with van der Waals surface area (Å²) in [6.45, 7) is 7.03. The first-order chi connectivity index (χ1) is 8.67. The summed E-state index contributed by atoms with van der Waals surface area (Å²) in [5.74, 6) is 0.335. The second-order valence-corrected chi connectivity index (χ2v) is 5.21. The molecule has 0 spiro atoms. The topological polar surface area (TPSA) is 29.3 Å². The van der Waals surface area contributed by atoms with Gasteiger partial charge in [-0.3, -0.25) is 4.90 Å². The van der Waals surface area contributed by atoms with Gasteiger partial charge >= 0.3 is 0 Å². The van der Waals surface area contributed by atoms with E-state index in [-0.39, 0.29) is 5.82 Å². The van der Waals surface area contributed by atoms with Crippen molar-refractivity contribution in [2.24, 2.45) is 11.7 Å². The number of nitrogens with two attached hydrogens (primary N) is 1. The van der Waals surface area contributed by atoms with Crippen molar-refractivity contribution in [3.8, 4) is 0 Å². The third-order valence-corrected chi connectivity index (χ3v) is 4.12. The van der Waals surface area contributed by atoms with Crippen LogP contribution < -0.4 is 5.73 Å². The van der Waals surface area contributed by atoms with Gasteiger partial charge in [-0.2, -0.15) is 0 Å². The van der Waals surface area contributed by atoms with Crippen molar-refractivity contribution in [1.29, 1.82) is 0 Å². The van der Waals surface area contributed by atoms with Gasteiger partial charge in [-0.05, 0) is 68.6 Å². The van der Waals surface area contributed by atoms with Crippen molar-refractivity contribution in [1.82, 2.24) is 4.90 Å². The normalized spacial score (nSPS) is 25.3. The zero-order chi connectivity index (χ0) is 13.1. The fourth-order valence-corrected chi connectivity index (χ4v) is 3.17. The lowest BCUT2D eigenvalue weighted by molar-refractivity contribution is 0.101. The predicted octanol–water partition coefficient (Wildman–Crippen LogP) is 2.87. The molecule has 1 aliphatic heterocycles. The van der Waals surface area contributed by atoms with E-state index in [9.17, 15) is 4.39 Å². The minimum absolute atomic E-state index is 0.153. The summed E-state index contributed by atoms with van der Waals surface area (Å²) in [5, 5.41) is 0. The van der Waals surface area contributed by atoms with Crippen molar-refractivity contribution < 1.29 is 4.39 Å². The molecule has 18 heavy (non-hydrogen) atoms. The molecule has 1 saturated heterocycles. The van der Waals surface area contributed by atoms with E-state index >= 15 is 0 Å². The van der Waals surface area contributed by atoms with E-state index in [0.29, 0.717) is 18.5 Å². The number of aryl methyl sites for hydroxylation is 1. The third-order valence-electron chi connectivity index (χ3n) is 4.12. The van der Waals surface area contributed by atoms with Crippen LogP contribution in [0.4, 0.5) is 4.39 Å². The summed E-state index contributed by atoms with van der Waals surface area (Å²) >= 11 is 0. The van der Waals surface area contributed by atoms with E-state index in [1.54, 1.807) is 12.1 Å². The first kappa shape index (κ1) is 13.5. The van der Waals surface area contributed by atoms with Gasteiger partial charge in [-0.1, -0.05) is 13.0 Å². The fraction of sp³-hybridized carbons (Fsp3) is 0.600. The number of benzene rings is 1. The molecule has 2 N–H and O–H groups in total. The molecule has 2 atom stereocenters. The van der Waals surface area contributed by atoms with Gasteiger partial charge in [-0.25, -0.2) is 4.39 Å². The van der Waals surface area contributed by atoms with E-state index in [0.717, 1.165) is 18.7 Å². The largest absolute Gasteiger partial charge is 0.330 e. The molecule has 0 amide bonds. The van der Waals surface area contributed by atoms with Crippen LogP contribution in [0.15, 0.2) is 18.2 Å². The van der Waals surface area contributed by atoms with Crippen LogP contribution in [0.1, 0.15) is 36.9 Å². The number of halogens is 1. The number of hydrogen-bond acceptors (Lipinski definition) is 2. The summed E-state index contributed by atoms with van der Waals surface area (Å²) in [4.78, 5) is 2.47. The van der Waals surface area contributed by atoms with Crippen LogP contribution in [0.25, 0.3) is 0 Å². The Morgan fingerprint density at radius 3 is 2.83 bits per heavy atom. The van der Waals surface area contributed by atoms with Crippen molar-refractivity contribution in [3.63, 3.8) is 0 Å². The van der Waals surface area contributed by atoms with E-state index in [2.05, 4.69) is 11.8 Å². The van der Waals surface area contributed by atoms with Crippen LogP contribution in [-0.2, 0) is 0 Å². The lowest BCUT2D eigenvalue weighted by Gasteiger charge is -2.41. The highest BCUT2D eigenvalue weighted by molar-refractivity contribution is 5.30. The van der Waals surface area contributed by atoms with Crippen LogP contribution in [0.5, 0.6) is 0 Å². The van der Waals surface area contributed by atoms with Gasteiger partial charge in [0.2, 0.25) is 0 Å². The Balaban J connectivity index is 2.36. The second kappa shape index (κ2) is 5.81. The van der Waals surface area contributed by atoms with Crippen molar-refractivity contribution in [3.05, 3.63) is 35.1 Å². The Bertz CT molecular complexity index is 393. The molecule has 1 aromatic rings. The van der Waals surface area contributed by atoms with Crippen molar-refractivity contribution in [2.75, 3.05) is 19.6 Å². The van der Waals surface area contributed by atoms with Gasteiger partial charge in [-0.15, -0.1) is 0 Å². The Morgan fingerprint density at radius 2 is 2.22 bits per heavy atom. The fourth-order valence-electron chi connectivity index (χ4n) is 3.17. The zero-order valence-electron chi connectivity index (χ0n) is 11.3. The van der Waals surface area contributed by atoms with Crippen molar-refractivity contribution in [2.45, 2.75) is 32.7 Å². The molecule has 2 unspecified atom stereocenters. The van der Waals surface area contributed by atoms with Crippen LogP contribution in [0, 0.1) is 18.7 Å². The molecule has 0 radical (unpaired) electrons. The molecule has 0 aromatic heterocycles. The van der Waals surface area contributed by atoms with Gasteiger partial charge in [0.1, 0.15) is 5.82 Å². The van der Waals surface area contributed by atoms with E-state index in [1.807, 2.05) is 13.0 Å². The SMILES string of the molecule is CCN1CCCC(CN)C1c1ccc(F)cc1C. The third kappa shape index (κ3) is 2.57. The highest BCUT2D eigenvalue weighted by Crippen LogP contribution is 2.36. The van der Waals surface area contributed by atoms with Crippen molar-refractivity contribution >= 4 is 0 Å². The quantitative estimate of drug-likeness (QED) is 0.893. The summed E-state index contributed by atoms with van der Waals surface area (Å²) in [6, 6.07) is 5.49. The Kier molecular flexibility index (Phi) is 4.36. The van der Waals surface area contributed by atoms with Gasteiger partial charge < -0.3 is 5.73 Å². The summed E-state index contributed by atoms with van der Waals surface area (Å²) < 4.78 is 13.2. The number of nitrogens with zero attached hydrogens (tertiary/aromatic N) is 1. The molecule has 1 aliphatic rings. The molecule has 2 rings (SSSR count).